The van der Waals surface area contributed by atoms with Gasteiger partial charge in [0, 0.05) is 12.6 Å². The number of nitrogen functional groups attached to an aromatic ring is 1. The zero-order valence-corrected chi connectivity index (χ0v) is 11.6. The largest absolute Gasteiger partial charge is 0.396 e. The van der Waals surface area contributed by atoms with E-state index in [-0.39, 0.29) is 25.1 Å². The minimum atomic E-state index is 0.00148. The number of anilines is 1. The maximum atomic E-state index is 12.3. The zero-order valence-electron chi connectivity index (χ0n) is 11.6. The molecule has 6 heteroatoms. The van der Waals surface area contributed by atoms with E-state index in [0.717, 1.165) is 30.7 Å². The second-order valence-electron chi connectivity index (χ2n) is 5.14. The molecule has 0 spiro atoms. The van der Waals surface area contributed by atoms with Crippen LogP contribution in [0.1, 0.15) is 30.7 Å². The van der Waals surface area contributed by atoms with Crippen LogP contribution in [0.15, 0.2) is 0 Å². The summed E-state index contributed by atoms with van der Waals surface area (Å²) in [5.74, 6) is 0.00403. The second kappa shape index (κ2) is 5.61. The van der Waals surface area contributed by atoms with Gasteiger partial charge in [0.1, 0.15) is 6.54 Å². The van der Waals surface area contributed by atoms with Gasteiger partial charge in [-0.3, -0.25) is 9.48 Å². The zero-order chi connectivity index (χ0) is 14.0. The predicted octanol–water partition coefficient (Wildman–Crippen LogP) is 0.456. The van der Waals surface area contributed by atoms with Gasteiger partial charge in [-0.05, 0) is 33.1 Å². The number of amides is 1. The van der Waals surface area contributed by atoms with Crippen molar-refractivity contribution in [2.75, 3.05) is 18.9 Å². The molecule has 19 heavy (non-hydrogen) atoms. The standard InChI is InChI=1S/C13H22N4O2/c1-9-13(14)10(2)17(15-9)8-12(19)16(6-7-18)11-4-3-5-11/h11,18H,3-8,14H2,1-2H3. The molecule has 106 valence electrons. The number of rotatable bonds is 5. The summed E-state index contributed by atoms with van der Waals surface area (Å²) in [5.41, 5.74) is 8.08. The van der Waals surface area contributed by atoms with Gasteiger partial charge < -0.3 is 15.7 Å². The lowest BCUT2D eigenvalue weighted by Crippen LogP contribution is -2.47. The van der Waals surface area contributed by atoms with E-state index in [0.29, 0.717) is 12.2 Å². The SMILES string of the molecule is Cc1nn(CC(=O)N(CCO)C2CCC2)c(C)c1N. The molecular weight excluding hydrogens is 244 g/mol. The highest BCUT2D eigenvalue weighted by molar-refractivity contribution is 5.76. The lowest BCUT2D eigenvalue weighted by Gasteiger charge is -2.37. The molecule has 0 bridgehead atoms. The molecule has 0 aliphatic heterocycles. The number of aliphatic hydroxyl groups is 1. The van der Waals surface area contributed by atoms with Crippen molar-refractivity contribution in [1.82, 2.24) is 14.7 Å². The molecule has 1 aromatic rings. The second-order valence-corrected chi connectivity index (χ2v) is 5.14. The summed E-state index contributed by atoms with van der Waals surface area (Å²) < 4.78 is 1.65. The Kier molecular flexibility index (Phi) is 4.09. The quantitative estimate of drug-likeness (QED) is 0.810. The number of hydrogen-bond donors (Lipinski definition) is 2. The van der Waals surface area contributed by atoms with Gasteiger partial charge in [0.15, 0.2) is 0 Å². The summed E-state index contributed by atoms with van der Waals surface area (Å²) in [4.78, 5) is 14.1. The maximum Gasteiger partial charge on any atom is 0.244 e. The smallest absolute Gasteiger partial charge is 0.244 e. The van der Waals surface area contributed by atoms with Crippen LogP contribution in [-0.2, 0) is 11.3 Å². The number of carbonyl (C=O) groups excluding carboxylic acids is 1. The molecule has 1 aromatic heterocycles. The normalized spacial score (nSPS) is 15.3. The molecule has 0 atom stereocenters. The summed E-state index contributed by atoms with van der Waals surface area (Å²) in [5, 5.41) is 13.4. The number of hydrogen-bond acceptors (Lipinski definition) is 4. The van der Waals surface area contributed by atoms with E-state index in [1.807, 2.05) is 13.8 Å². The van der Waals surface area contributed by atoms with E-state index in [1.165, 1.54) is 0 Å². The molecular formula is C13H22N4O2. The molecule has 0 saturated heterocycles. The summed E-state index contributed by atoms with van der Waals surface area (Å²) in [7, 11) is 0. The van der Waals surface area contributed by atoms with Crippen LogP contribution in [-0.4, -0.2) is 44.9 Å². The van der Waals surface area contributed by atoms with Crippen molar-refractivity contribution in [3.8, 4) is 0 Å². The van der Waals surface area contributed by atoms with Gasteiger partial charge in [0.05, 0.1) is 23.7 Å². The van der Waals surface area contributed by atoms with E-state index < -0.39 is 0 Å². The Labute approximate surface area is 113 Å². The number of aryl methyl sites for hydroxylation is 1. The van der Waals surface area contributed by atoms with Crippen molar-refractivity contribution < 1.29 is 9.90 Å². The van der Waals surface area contributed by atoms with Crippen LogP contribution in [0.2, 0.25) is 0 Å². The number of aromatic nitrogens is 2. The summed E-state index contributed by atoms with van der Waals surface area (Å²) >= 11 is 0. The Bertz CT molecular complexity index is 465. The summed E-state index contributed by atoms with van der Waals surface area (Å²) in [6, 6.07) is 0.286. The first kappa shape index (κ1) is 13.9. The first-order chi connectivity index (χ1) is 9.04. The van der Waals surface area contributed by atoms with Crippen molar-refractivity contribution in [3.63, 3.8) is 0 Å². The summed E-state index contributed by atoms with van der Waals surface area (Å²) in [6.45, 7) is 4.29. The van der Waals surface area contributed by atoms with Crippen LogP contribution in [0.5, 0.6) is 0 Å². The van der Waals surface area contributed by atoms with E-state index in [1.54, 1.807) is 9.58 Å². The van der Waals surface area contributed by atoms with Crippen molar-refractivity contribution in [2.24, 2.45) is 0 Å². The van der Waals surface area contributed by atoms with Gasteiger partial charge in [-0.25, -0.2) is 0 Å². The van der Waals surface area contributed by atoms with Crippen LogP contribution < -0.4 is 5.73 Å². The molecule has 0 radical (unpaired) electrons. The minimum absolute atomic E-state index is 0.00148. The van der Waals surface area contributed by atoms with Crippen molar-refractivity contribution in [3.05, 3.63) is 11.4 Å². The fraction of sp³-hybridized carbons (Fsp3) is 0.692. The topological polar surface area (TPSA) is 84.4 Å². The van der Waals surface area contributed by atoms with Gasteiger partial charge in [0.25, 0.3) is 0 Å². The predicted molar refractivity (Wildman–Crippen MR) is 72.6 cm³/mol. The molecule has 1 aliphatic carbocycles. The van der Waals surface area contributed by atoms with E-state index in [2.05, 4.69) is 5.10 Å². The van der Waals surface area contributed by atoms with Crippen molar-refractivity contribution in [2.45, 2.75) is 45.7 Å². The van der Waals surface area contributed by atoms with E-state index in [9.17, 15) is 4.79 Å². The van der Waals surface area contributed by atoms with E-state index >= 15 is 0 Å². The molecule has 1 amide bonds. The molecule has 1 saturated carbocycles. The average molecular weight is 266 g/mol. The fourth-order valence-corrected chi connectivity index (χ4v) is 2.40. The van der Waals surface area contributed by atoms with Gasteiger partial charge in [-0.15, -0.1) is 0 Å². The third kappa shape index (κ3) is 2.73. The number of aliphatic hydroxyl groups excluding tert-OH is 1. The summed E-state index contributed by atoms with van der Waals surface area (Å²) in [6.07, 6.45) is 3.22. The van der Waals surface area contributed by atoms with E-state index in [4.69, 9.17) is 10.8 Å². The van der Waals surface area contributed by atoms with Gasteiger partial charge in [-0.2, -0.15) is 5.10 Å². The average Bonchev–Trinajstić information content (AvgIpc) is 2.54. The van der Waals surface area contributed by atoms with Gasteiger partial charge in [-0.1, -0.05) is 0 Å². The highest BCUT2D eigenvalue weighted by Crippen LogP contribution is 2.25. The monoisotopic (exact) mass is 266 g/mol. The Hall–Kier alpha value is -1.56. The number of nitrogens with zero attached hydrogens (tertiary/aromatic N) is 3. The number of carbonyl (C=O) groups is 1. The van der Waals surface area contributed by atoms with Crippen molar-refractivity contribution >= 4 is 11.6 Å². The minimum Gasteiger partial charge on any atom is -0.396 e. The maximum absolute atomic E-state index is 12.3. The third-order valence-corrected chi connectivity index (χ3v) is 3.90. The van der Waals surface area contributed by atoms with Crippen LogP contribution in [0.25, 0.3) is 0 Å². The first-order valence-electron chi connectivity index (χ1n) is 6.74. The molecule has 0 aromatic carbocycles. The Morgan fingerprint density at radius 2 is 2.21 bits per heavy atom. The molecule has 6 nitrogen and oxygen atoms in total. The Morgan fingerprint density at radius 3 is 2.63 bits per heavy atom. The molecule has 1 fully saturated rings. The third-order valence-electron chi connectivity index (χ3n) is 3.90. The Morgan fingerprint density at radius 1 is 1.53 bits per heavy atom. The van der Waals surface area contributed by atoms with Gasteiger partial charge >= 0.3 is 0 Å². The molecule has 1 aliphatic rings. The lowest BCUT2D eigenvalue weighted by molar-refractivity contribution is -0.136. The van der Waals surface area contributed by atoms with Crippen molar-refractivity contribution in [1.29, 1.82) is 0 Å². The number of nitrogens with two attached hydrogens (primary N) is 1. The fourth-order valence-electron chi connectivity index (χ4n) is 2.40. The Balaban J connectivity index is 2.07. The van der Waals surface area contributed by atoms with Gasteiger partial charge in [0.2, 0.25) is 5.91 Å². The molecule has 0 unspecified atom stereocenters. The molecule has 1 heterocycles. The first-order valence-corrected chi connectivity index (χ1v) is 6.74. The molecule has 2 rings (SSSR count). The van der Waals surface area contributed by atoms with Crippen LogP contribution in [0.4, 0.5) is 5.69 Å². The lowest BCUT2D eigenvalue weighted by atomic mass is 9.91. The highest BCUT2D eigenvalue weighted by Gasteiger charge is 2.28. The molecule has 3 N–H and O–H groups in total. The highest BCUT2D eigenvalue weighted by atomic mass is 16.3. The van der Waals surface area contributed by atoms with Crippen LogP contribution in [0.3, 0.4) is 0 Å². The van der Waals surface area contributed by atoms with Crippen LogP contribution in [0, 0.1) is 13.8 Å². The van der Waals surface area contributed by atoms with Crippen LogP contribution >= 0.6 is 0 Å².